The molecule has 0 aromatic carbocycles. The second kappa shape index (κ2) is 11.2. The summed E-state index contributed by atoms with van der Waals surface area (Å²) in [6.07, 6.45) is 0.580. The molecule has 0 aliphatic rings. The normalized spacial score (nSPS) is 9.35. The SMILES string of the molecule is C=C(C(=O)NNC)C(C)C.C=C(CCN)C(=O)N(C)C. The Labute approximate surface area is 122 Å². The van der Waals surface area contributed by atoms with E-state index in [2.05, 4.69) is 24.0 Å². The van der Waals surface area contributed by atoms with E-state index in [0.29, 0.717) is 24.1 Å². The monoisotopic (exact) mass is 284 g/mol. The van der Waals surface area contributed by atoms with Gasteiger partial charge >= 0.3 is 0 Å². The molecule has 0 atom stereocenters. The third kappa shape index (κ3) is 9.29. The Morgan fingerprint density at radius 1 is 1.25 bits per heavy atom. The third-order valence-electron chi connectivity index (χ3n) is 2.38. The van der Waals surface area contributed by atoms with Gasteiger partial charge in [-0.15, -0.1) is 0 Å². The second-order valence-corrected chi connectivity index (χ2v) is 4.73. The highest BCUT2D eigenvalue weighted by atomic mass is 16.2. The van der Waals surface area contributed by atoms with Gasteiger partial charge in [0.2, 0.25) is 5.91 Å². The highest BCUT2D eigenvalue weighted by Gasteiger charge is 2.08. The van der Waals surface area contributed by atoms with Gasteiger partial charge in [-0.05, 0) is 18.9 Å². The molecule has 116 valence electrons. The number of hydrogen-bond donors (Lipinski definition) is 3. The molecule has 20 heavy (non-hydrogen) atoms. The first-order valence-corrected chi connectivity index (χ1v) is 6.44. The summed E-state index contributed by atoms with van der Waals surface area (Å²) in [4.78, 5) is 23.4. The standard InChI is InChI=1S/2C7H14N2O/c1-6(4-5-8)7(10)9(2)3;1-5(2)6(3)7(10)9-8-4/h1,4-5,8H2,2-3H3;5,8H,3H2,1-2,4H3,(H,9,10). The molecule has 0 rings (SSSR count). The summed E-state index contributed by atoms with van der Waals surface area (Å²) >= 11 is 0. The average molecular weight is 284 g/mol. The Balaban J connectivity index is 0. The maximum absolute atomic E-state index is 11.0. The van der Waals surface area contributed by atoms with Gasteiger partial charge < -0.3 is 10.6 Å². The van der Waals surface area contributed by atoms with Gasteiger partial charge in [0, 0.05) is 32.3 Å². The molecule has 0 saturated carbocycles. The minimum Gasteiger partial charge on any atom is -0.345 e. The number of likely N-dealkylation sites (N-methyl/N-ethyl adjacent to an activating group) is 1. The summed E-state index contributed by atoms with van der Waals surface area (Å²) in [6, 6.07) is 0. The number of nitrogens with two attached hydrogens (primary N) is 1. The van der Waals surface area contributed by atoms with Crippen molar-refractivity contribution < 1.29 is 9.59 Å². The molecule has 0 aliphatic heterocycles. The Hall–Kier alpha value is -1.66. The van der Waals surface area contributed by atoms with Crippen LogP contribution in [-0.4, -0.2) is 44.4 Å². The summed E-state index contributed by atoms with van der Waals surface area (Å²) in [7, 11) is 5.04. The van der Waals surface area contributed by atoms with E-state index in [1.165, 1.54) is 4.90 Å². The first-order valence-electron chi connectivity index (χ1n) is 6.44. The van der Waals surface area contributed by atoms with E-state index in [1.54, 1.807) is 21.1 Å². The highest BCUT2D eigenvalue weighted by molar-refractivity contribution is 5.92. The molecule has 0 saturated heterocycles. The van der Waals surface area contributed by atoms with E-state index in [1.807, 2.05) is 13.8 Å². The van der Waals surface area contributed by atoms with Gasteiger partial charge in [0.1, 0.15) is 0 Å². The third-order valence-corrected chi connectivity index (χ3v) is 2.38. The molecular weight excluding hydrogens is 256 g/mol. The Bertz CT molecular complexity index is 315. The summed E-state index contributed by atoms with van der Waals surface area (Å²) < 4.78 is 0. The van der Waals surface area contributed by atoms with E-state index < -0.39 is 0 Å². The van der Waals surface area contributed by atoms with Crippen molar-refractivity contribution in [3.8, 4) is 0 Å². The first-order chi connectivity index (χ1) is 9.18. The van der Waals surface area contributed by atoms with Crippen LogP contribution in [0.15, 0.2) is 24.3 Å². The number of carbonyl (C=O) groups is 2. The predicted molar refractivity (Wildman–Crippen MR) is 82.7 cm³/mol. The van der Waals surface area contributed by atoms with Crippen molar-refractivity contribution in [3.63, 3.8) is 0 Å². The van der Waals surface area contributed by atoms with Gasteiger partial charge in [0.05, 0.1) is 0 Å². The fourth-order valence-corrected chi connectivity index (χ4v) is 1.05. The Morgan fingerprint density at radius 2 is 1.75 bits per heavy atom. The lowest BCUT2D eigenvalue weighted by molar-refractivity contribution is -0.124. The highest BCUT2D eigenvalue weighted by Crippen LogP contribution is 2.04. The fraction of sp³-hybridized carbons (Fsp3) is 0.571. The van der Waals surface area contributed by atoms with Crippen LogP contribution in [0.25, 0.3) is 0 Å². The van der Waals surface area contributed by atoms with E-state index in [0.717, 1.165) is 0 Å². The summed E-state index contributed by atoms with van der Waals surface area (Å²) in [5, 5.41) is 0. The van der Waals surface area contributed by atoms with Crippen LogP contribution < -0.4 is 16.6 Å². The van der Waals surface area contributed by atoms with Crippen molar-refractivity contribution in [1.82, 2.24) is 15.8 Å². The number of nitrogens with one attached hydrogen (secondary N) is 2. The van der Waals surface area contributed by atoms with Crippen LogP contribution in [0.1, 0.15) is 20.3 Å². The smallest absolute Gasteiger partial charge is 0.260 e. The Kier molecular flexibility index (Phi) is 11.6. The molecule has 2 amide bonds. The minimum atomic E-state index is -0.141. The molecule has 0 spiro atoms. The Morgan fingerprint density at radius 3 is 2.05 bits per heavy atom. The van der Waals surface area contributed by atoms with Crippen molar-refractivity contribution in [1.29, 1.82) is 0 Å². The van der Waals surface area contributed by atoms with Gasteiger partial charge in [-0.2, -0.15) is 0 Å². The number of nitrogens with zero attached hydrogens (tertiary/aromatic N) is 1. The molecule has 0 aliphatic carbocycles. The average Bonchev–Trinajstić information content (AvgIpc) is 2.37. The molecule has 0 aromatic heterocycles. The zero-order valence-corrected chi connectivity index (χ0v) is 13.2. The van der Waals surface area contributed by atoms with Crippen molar-refractivity contribution in [3.05, 3.63) is 24.3 Å². The molecule has 0 fully saturated rings. The lowest BCUT2D eigenvalue weighted by Gasteiger charge is -2.10. The largest absolute Gasteiger partial charge is 0.345 e. The van der Waals surface area contributed by atoms with Crippen molar-refractivity contribution in [2.24, 2.45) is 11.7 Å². The van der Waals surface area contributed by atoms with Gasteiger partial charge in [-0.1, -0.05) is 27.0 Å². The van der Waals surface area contributed by atoms with Crippen LogP contribution in [0.2, 0.25) is 0 Å². The summed E-state index contributed by atoms with van der Waals surface area (Å²) in [5.74, 6) is 0.0244. The zero-order chi connectivity index (χ0) is 16.3. The maximum Gasteiger partial charge on any atom is 0.260 e. The summed E-state index contributed by atoms with van der Waals surface area (Å²) in [5.41, 5.74) is 11.4. The number of carbonyl (C=O) groups excluding carboxylic acids is 2. The van der Waals surface area contributed by atoms with Gasteiger partial charge in [0.25, 0.3) is 5.91 Å². The van der Waals surface area contributed by atoms with Gasteiger partial charge in [-0.25, -0.2) is 5.43 Å². The molecule has 0 bridgehead atoms. The van der Waals surface area contributed by atoms with E-state index in [4.69, 9.17) is 5.73 Å². The van der Waals surface area contributed by atoms with Gasteiger partial charge in [0.15, 0.2) is 0 Å². The molecular formula is C14H28N4O2. The molecule has 4 N–H and O–H groups in total. The predicted octanol–water partition coefficient (Wildman–Crippen LogP) is 0.429. The van der Waals surface area contributed by atoms with Crippen LogP contribution in [0.5, 0.6) is 0 Å². The molecule has 6 heteroatoms. The van der Waals surface area contributed by atoms with Crippen molar-refractivity contribution >= 4 is 11.8 Å². The van der Waals surface area contributed by atoms with Crippen LogP contribution in [0, 0.1) is 5.92 Å². The number of hydrazine groups is 1. The molecule has 0 aromatic rings. The van der Waals surface area contributed by atoms with E-state index in [9.17, 15) is 9.59 Å². The number of rotatable bonds is 6. The minimum absolute atomic E-state index is 0.0366. The van der Waals surface area contributed by atoms with Crippen LogP contribution in [-0.2, 0) is 9.59 Å². The van der Waals surface area contributed by atoms with Crippen molar-refractivity contribution in [2.75, 3.05) is 27.7 Å². The van der Waals surface area contributed by atoms with E-state index in [-0.39, 0.29) is 17.7 Å². The van der Waals surface area contributed by atoms with Crippen LogP contribution >= 0.6 is 0 Å². The van der Waals surface area contributed by atoms with Gasteiger partial charge in [-0.3, -0.25) is 15.0 Å². The lowest BCUT2D eigenvalue weighted by Crippen LogP contribution is -2.35. The summed E-state index contributed by atoms with van der Waals surface area (Å²) in [6.45, 7) is 11.6. The van der Waals surface area contributed by atoms with Crippen LogP contribution in [0.4, 0.5) is 0 Å². The fourth-order valence-electron chi connectivity index (χ4n) is 1.05. The molecule has 0 radical (unpaired) electrons. The first kappa shape index (κ1) is 20.7. The maximum atomic E-state index is 11.0. The molecule has 0 unspecified atom stereocenters. The number of hydrogen-bond acceptors (Lipinski definition) is 4. The zero-order valence-electron chi connectivity index (χ0n) is 13.2. The number of amides is 2. The molecule has 0 heterocycles. The second-order valence-electron chi connectivity index (χ2n) is 4.73. The lowest BCUT2D eigenvalue weighted by atomic mass is 10.1. The van der Waals surface area contributed by atoms with Crippen LogP contribution in [0.3, 0.4) is 0 Å². The van der Waals surface area contributed by atoms with Crippen molar-refractivity contribution in [2.45, 2.75) is 20.3 Å². The van der Waals surface area contributed by atoms with E-state index >= 15 is 0 Å². The topological polar surface area (TPSA) is 87.5 Å². The molecule has 6 nitrogen and oxygen atoms in total. The quantitative estimate of drug-likeness (QED) is 0.487.